The van der Waals surface area contributed by atoms with Gasteiger partial charge in [0, 0.05) is 12.7 Å². The van der Waals surface area contributed by atoms with Crippen LogP contribution in [0.5, 0.6) is 0 Å². The molecule has 1 aliphatic heterocycles. The van der Waals surface area contributed by atoms with Gasteiger partial charge in [-0.25, -0.2) is 13.4 Å². The Kier molecular flexibility index (Phi) is 3.77. The van der Waals surface area contributed by atoms with Crippen molar-refractivity contribution in [2.24, 2.45) is 0 Å². The summed E-state index contributed by atoms with van der Waals surface area (Å²) in [6.07, 6.45) is 4.05. The summed E-state index contributed by atoms with van der Waals surface area (Å²) in [7, 11) is -3.14. The molecule has 1 aliphatic rings. The van der Waals surface area contributed by atoms with E-state index >= 15 is 0 Å². The molecule has 1 aromatic carbocycles. The molecule has 1 atom stereocenters. The van der Waals surface area contributed by atoms with Gasteiger partial charge in [-0.2, -0.15) is 5.10 Å². The summed E-state index contributed by atoms with van der Waals surface area (Å²) in [6.45, 7) is 1.02. The minimum atomic E-state index is -3.14. The number of aromatic amines is 1. The van der Waals surface area contributed by atoms with Crippen LogP contribution in [0.1, 0.15) is 36.1 Å². The van der Waals surface area contributed by atoms with Crippen molar-refractivity contribution in [2.75, 3.05) is 12.8 Å². The fourth-order valence-corrected chi connectivity index (χ4v) is 3.13. The molecule has 0 spiro atoms. The molecule has 7 heteroatoms. The molecule has 0 radical (unpaired) electrons. The Balaban J connectivity index is 1.71. The van der Waals surface area contributed by atoms with Crippen molar-refractivity contribution in [1.82, 2.24) is 20.5 Å². The zero-order valence-corrected chi connectivity index (χ0v) is 12.7. The average molecular weight is 306 g/mol. The topological polar surface area (TPSA) is 87.7 Å². The van der Waals surface area contributed by atoms with E-state index in [0.717, 1.165) is 36.6 Å². The average Bonchev–Trinajstić information content (AvgIpc) is 3.08. The summed E-state index contributed by atoms with van der Waals surface area (Å²) in [4.78, 5) is 4.84. The lowest BCUT2D eigenvalue weighted by atomic mass is 10.1. The van der Waals surface area contributed by atoms with Crippen LogP contribution in [0.25, 0.3) is 0 Å². The van der Waals surface area contributed by atoms with E-state index in [1.807, 2.05) is 12.1 Å². The molecule has 112 valence electrons. The number of nitrogens with zero attached hydrogens (tertiary/aromatic N) is 2. The lowest BCUT2D eigenvalue weighted by Crippen LogP contribution is -2.14. The van der Waals surface area contributed by atoms with E-state index < -0.39 is 9.84 Å². The molecule has 2 aromatic rings. The van der Waals surface area contributed by atoms with Crippen LogP contribution >= 0.6 is 0 Å². The van der Waals surface area contributed by atoms with E-state index in [9.17, 15) is 8.42 Å². The van der Waals surface area contributed by atoms with Crippen LogP contribution in [0.15, 0.2) is 29.2 Å². The van der Waals surface area contributed by atoms with E-state index in [0.29, 0.717) is 11.3 Å². The largest absolute Gasteiger partial charge is 0.307 e. The van der Waals surface area contributed by atoms with E-state index in [1.54, 1.807) is 12.1 Å². The molecule has 0 bridgehead atoms. The van der Waals surface area contributed by atoms with Gasteiger partial charge in [-0.1, -0.05) is 12.1 Å². The van der Waals surface area contributed by atoms with Gasteiger partial charge in [0.2, 0.25) is 0 Å². The predicted molar refractivity (Wildman–Crippen MR) is 78.7 cm³/mol. The Labute approximate surface area is 123 Å². The van der Waals surface area contributed by atoms with Crippen LogP contribution in [0.3, 0.4) is 0 Å². The monoisotopic (exact) mass is 306 g/mol. The second-order valence-corrected chi connectivity index (χ2v) is 7.40. The highest BCUT2D eigenvalue weighted by Gasteiger charge is 2.20. The quantitative estimate of drug-likeness (QED) is 0.887. The second kappa shape index (κ2) is 5.57. The maximum absolute atomic E-state index is 11.4. The molecule has 6 nitrogen and oxygen atoms in total. The molecular formula is C14H18N4O2S. The number of hydrogen-bond donors (Lipinski definition) is 2. The van der Waals surface area contributed by atoms with Crippen LogP contribution in [-0.2, 0) is 16.3 Å². The van der Waals surface area contributed by atoms with E-state index in [2.05, 4.69) is 20.5 Å². The number of nitrogens with one attached hydrogen (secondary N) is 2. The van der Waals surface area contributed by atoms with E-state index in [1.165, 1.54) is 6.26 Å². The van der Waals surface area contributed by atoms with Crippen LogP contribution in [0.2, 0.25) is 0 Å². The molecule has 2 N–H and O–H groups in total. The summed E-state index contributed by atoms with van der Waals surface area (Å²) in [5.74, 6) is 1.61. The zero-order chi connectivity index (χ0) is 14.9. The zero-order valence-electron chi connectivity index (χ0n) is 11.8. The lowest BCUT2D eigenvalue weighted by Gasteiger charge is -2.03. The van der Waals surface area contributed by atoms with E-state index in [4.69, 9.17) is 0 Å². The van der Waals surface area contributed by atoms with Gasteiger partial charge in [0.05, 0.1) is 10.9 Å². The number of H-pyrrole nitrogens is 1. The van der Waals surface area contributed by atoms with Crippen molar-refractivity contribution in [1.29, 1.82) is 0 Å². The summed E-state index contributed by atoms with van der Waals surface area (Å²) < 4.78 is 22.8. The van der Waals surface area contributed by atoms with Crippen molar-refractivity contribution in [3.63, 3.8) is 0 Å². The smallest absolute Gasteiger partial charge is 0.175 e. The molecule has 0 saturated carbocycles. The minimum absolute atomic E-state index is 0.252. The minimum Gasteiger partial charge on any atom is -0.307 e. The first-order valence-electron chi connectivity index (χ1n) is 6.96. The van der Waals surface area contributed by atoms with Gasteiger partial charge in [-0.05, 0) is 37.1 Å². The summed E-state index contributed by atoms with van der Waals surface area (Å²) in [5, 5.41) is 10.6. The molecule has 3 rings (SSSR count). The third-order valence-electron chi connectivity index (χ3n) is 3.64. The van der Waals surface area contributed by atoms with Gasteiger partial charge < -0.3 is 5.32 Å². The highest BCUT2D eigenvalue weighted by Crippen LogP contribution is 2.20. The second-order valence-electron chi connectivity index (χ2n) is 5.38. The Morgan fingerprint density at radius 3 is 2.67 bits per heavy atom. The molecule has 2 heterocycles. The van der Waals surface area contributed by atoms with Crippen LogP contribution < -0.4 is 5.32 Å². The third-order valence-corrected chi connectivity index (χ3v) is 4.77. The first-order chi connectivity index (χ1) is 10.0. The van der Waals surface area contributed by atoms with Crippen LogP contribution in [-0.4, -0.2) is 36.4 Å². The number of aromatic nitrogens is 3. The fourth-order valence-electron chi connectivity index (χ4n) is 2.50. The van der Waals surface area contributed by atoms with Crippen LogP contribution in [0.4, 0.5) is 0 Å². The molecular weight excluding hydrogens is 288 g/mol. The highest BCUT2D eigenvalue weighted by atomic mass is 32.2. The van der Waals surface area contributed by atoms with Crippen molar-refractivity contribution in [2.45, 2.75) is 30.2 Å². The van der Waals surface area contributed by atoms with Gasteiger partial charge >= 0.3 is 0 Å². The number of rotatable bonds is 4. The maximum atomic E-state index is 11.4. The molecule has 0 aliphatic carbocycles. The predicted octanol–water partition coefficient (Wildman–Crippen LogP) is 1.22. The van der Waals surface area contributed by atoms with E-state index in [-0.39, 0.29) is 6.04 Å². The van der Waals surface area contributed by atoms with Crippen molar-refractivity contribution < 1.29 is 8.42 Å². The summed E-state index contributed by atoms with van der Waals surface area (Å²) in [5.41, 5.74) is 1.00. The Morgan fingerprint density at radius 2 is 2.05 bits per heavy atom. The Bertz CT molecular complexity index is 716. The Hall–Kier alpha value is -1.73. The first kappa shape index (κ1) is 14.2. The molecule has 1 fully saturated rings. The summed E-state index contributed by atoms with van der Waals surface area (Å²) >= 11 is 0. The molecule has 1 aromatic heterocycles. The van der Waals surface area contributed by atoms with Gasteiger partial charge in [0.25, 0.3) is 0 Å². The van der Waals surface area contributed by atoms with Crippen molar-refractivity contribution in [3.8, 4) is 0 Å². The fraction of sp³-hybridized carbons (Fsp3) is 0.429. The lowest BCUT2D eigenvalue weighted by molar-refractivity contribution is 0.602. The maximum Gasteiger partial charge on any atom is 0.175 e. The highest BCUT2D eigenvalue weighted by molar-refractivity contribution is 7.90. The molecule has 1 saturated heterocycles. The molecule has 21 heavy (non-hydrogen) atoms. The SMILES string of the molecule is CS(=O)(=O)c1ccc(Cc2nc(C3CCCN3)n[nH]2)cc1. The number of hydrogen-bond acceptors (Lipinski definition) is 5. The third kappa shape index (κ3) is 3.30. The van der Waals surface area contributed by atoms with Gasteiger partial charge in [-0.3, -0.25) is 5.10 Å². The molecule has 0 amide bonds. The van der Waals surface area contributed by atoms with Gasteiger partial charge in [-0.15, -0.1) is 0 Å². The standard InChI is InChI=1S/C14H18N4O2S/c1-21(19,20)11-6-4-10(5-7-11)9-13-16-14(18-17-13)12-3-2-8-15-12/h4-7,12,15H,2-3,8-9H2,1H3,(H,16,17,18). The molecule has 1 unspecified atom stereocenters. The number of sulfone groups is 1. The first-order valence-corrected chi connectivity index (χ1v) is 8.85. The van der Waals surface area contributed by atoms with Crippen molar-refractivity contribution >= 4 is 9.84 Å². The van der Waals surface area contributed by atoms with Crippen LogP contribution in [0, 0.1) is 0 Å². The van der Waals surface area contributed by atoms with Gasteiger partial charge in [0.15, 0.2) is 15.7 Å². The van der Waals surface area contributed by atoms with Gasteiger partial charge in [0.1, 0.15) is 5.82 Å². The normalized spacial score (nSPS) is 19.0. The Morgan fingerprint density at radius 1 is 1.29 bits per heavy atom. The number of benzene rings is 1. The van der Waals surface area contributed by atoms with Crippen molar-refractivity contribution in [3.05, 3.63) is 41.5 Å². The summed E-state index contributed by atoms with van der Waals surface area (Å²) in [6, 6.07) is 7.13.